The molecule has 4 heteroatoms. The molecule has 0 atom stereocenters. The Morgan fingerprint density at radius 2 is 1.21 bits per heavy atom. The maximum atomic E-state index is 6.92. The van der Waals surface area contributed by atoms with Crippen LogP contribution in [0.1, 0.15) is 79.0 Å². The zero-order valence-electron chi connectivity index (χ0n) is 29.6. The minimum Gasteiger partial charge on any atom is -0.440 e. The highest BCUT2D eigenvalue weighted by molar-refractivity contribution is 6.91. The van der Waals surface area contributed by atoms with Crippen molar-refractivity contribution in [2.45, 2.75) is 78.6 Å². The van der Waals surface area contributed by atoms with Gasteiger partial charge in [-0.2, -0.15) is 0 Å². The average molecular weight is 627 g/mol. The zero-order valence-corrected chi connectivity index (χ0v) is 29.6. The summed E-state index contributed by atoms with van der Waals surface area (Å²) in [6.45, 7) is 20.7. The van der Waals surface area contributed by atoms with Crippen molar-refractivity contribution >= 4 is 67.8 Å². The number of anilines is 3. The molecular weight excluding hydrogens is 583 g/mol. The molecular formula is C44H43BN2O. The SMILES string of the molecule is CC(C)(C)c1ccc(N2c3cccc4c3B(c3c2oc2ccccc32)n2c3ccc(C(C)(C)C)cc3c3cc(C(C)(C)C)cc-4c32)cc1. The van der Waals surface area contributed by atoms with Gasteiger partial charge in [0.05, 0.1) is 0 Å². The molecule has 0 amide bonds. The molecule has 0 saturated carbocycles. The van der Waals surface area contributed by atoms with E-state index in [4.69, 9.17) is 4.42 Å². The van der Waals surface area contributed by atoms with Crippen molar-refractivity contribution < 1.29 is 4.42 Å². The lowest BCUT2D eigenvalue weighted by atomic mass is 9.45. The summed E-state index contributed by atoms with van der Waals surface area (Å²) < 4.78 is 9.56. The van der Waals surface area contributed by atoms with E-state index in [0.717, 1.165) is 17.2 Å². The quantitative estimate of drug-likeness (QED) is 0.169. The second-order valence-electron chi connectivity index (χ2n) is 17.1. The molecule has 48 heavy (non-hydrogen) atoms. The third kappa shape index (κ3) is 4.01. The standard InChI is InChI=1S/C44H43BN2O/c1-42(2,3)26-17-20-29(21-18-26)46-36-15-12-14-30-33-24-28(44(7,8)9)25-34-32-23-27(43(4,5)6)19-22-35(32)47(40(33)34)45(38(30)36)39-31-13-10-11-16-37(31)48-41(39)46/h10-25H,1-9H3. The molecule has 7 aromatic rings. The number of rotatable bonds is 1. The van der Waals surface area contributed by atoms with Crippen LogP contribution >= 0.6 is 0 Å². The second kappa shape index (κ2) is 9.47. The molecule has 5 aromatic carbocycles. The number of nitrogens with zero attached hydrogens (tertiary/aromatic N) is 2. The van der Waals surface area contributed by atoms with Gasteiger partial charge in [0.1, 0.15) is 5.58 Å². The highest BCUT2D eigenvalue weighted by Gasteiger charge is 2.46. The molecule has 0 aliphatic carbocycles. The molecule has 0 N–H and O–H groups in total. The van der Waals surface area contributed by atoms with E-state index in [1.165, 1.54) is 71.6 Å². The Morgan fingerprint density at radius 1 is 0.542 bits per heavy atom. The molecule has 2 aliphatic heterocycles. The molecule has 0 unspecified atom stereocenters. The van der Waals surface area contributed by atoms with E-state index in [9.17, 15) is 0 Å². The van der Waals surface area contributed by atoms with Gasteiger partial charge < -0.3 is 8.90 Å². The molecule has 2 aromatic heterocycles. The van der Waals surface area contributed by atoms with E-state index < -0.39 is 0 Å². The van der Waals surface area contributed by atoms with Gasteiger partial charge in [-0.1, -0.05) is 111 Å². The number of benzene rings is 5. The Bertz CT molecular complexity index is 2460. The van der Waals surface area contributed by atoms with Crippen LogP contribution in [0.2, 0.25) is 0 Å². The zero-order chi connectivity index (χ0) is 33.5. The largest absolute Gasteiger partial charge is 0.440 e. The topological polar surface area (TPSA) is 21.3 Å². The minimum atomic E-state index is -0.0339. The lowest BCUT2D eigenvalue weighted by molar-refractivity contribution is 0.590. The Kier molecular flexibility index (Phi) is 5.81. The van der Waals surface area contributed by atoms with Crippen LogP contribution < -0.4 is 15.8 Å². The van der Waals surface area contributed by atoms with Crippen molar-refractivity contribution in [1.29, 1.82) is 0 Å². The third-order valence-corrected chi connectivity index (χ3v) is 10.9. The van der Waals surface area contributed by atoms with Gasteiger partial charge in [0, 0.05) is 49.6 Å². The molecule has 0 bridgehead atoms. The molecule has 0 radical (unpaired) electrons. The van der Waals surface area contributed by atoms with Crippen molar-refractivity contribution in [3.8, 4) is 11.1 Å². The summed E-state index contributed by atoms with van der Waals surface area (Å²) in [5.41, 5.74) is 15.2. The highest BCUT2D eigenvalue weighted by Crippen LogP contribution is 2.48. The number of aromatic nitrogens is 1. The summed E-state index contributed by atoms with van der Waals surface area (Å²) in [6, 6.07) is 36.7. The average Bonchev–Trinajstić information content (AvgIpc) is 3.58. The molecule has 0 spiro atoms. The van der Waals surface area contributed by atoms with Crippen molar-refractivity contribution in [3.63, 3.8) is 0 Å². The Balaban J connectivity index is 1.43. The van der Waals surface area contributed by atoms with Crippen LogP contribution in [0.15, 0.2) is 101 Å². The second-order valence-corrected chi connectivity index (χ2v) is 17.1. The van der Waals surface area contributed by atoms with Crippen LogP contribution in [0, 0.1) is 0 Å². The normalized spacial score (nSPS) is 14.3. The fraction of sp³-hybridized carbons (Fsp3) is 0.273. The van der Waals surface area contributed by atoms with Gasteiger partial charge in [0.2, 0.25) is 5.88 Å². The number of furan rings is 1. The molecule has 9 rings (SSSR count). The van der Waals surface area contributed by atoms with Crippen LogP contribution in [0.3, 0.4) is 0 Å². The number of para-hydroxylation sites is 1. The molecule has 0 saturated heterocycles. The van der Waals surface area contributed by atoms with E-state index in [2.05, 4.69) is 169 Å². The smallest absolute Gasteiger partial charge is 0.337 e. The molecule has 3 nitrogen and oxygen atoms in total. The van der Waals surface area contributed by atoms with E-state index in [1.807, 2.05) is 0 Å². The molecule has 2 aliphatic rings. The summed E-state index contributed by atoms with van der Waals surface area (Å²) >= 11 is 0. The van der Waals surface area contributed by atoms with Crippen LogP contribution in [-0.2, 0) is 16.2 Å². The summed E-state index contributed by atoms with van der Waals surface area (Å²) in [4.78, 5) is 2.37. The predicted molar refractivity (Wildman–Crippen MR) is 206 cm³/mol. The van der Waals surface area contributed by atoms with Gasteiger partial charge >= 0.3 is 6.85 Å². The van der Waals surface area contributed by atoms with E-state index in [1.54, 1.807) is 0 Å². The van der Waals surface area contributed by atoms with Crippen LogP contribution in [0.4, 0.5) is 17.3 Å². The van der Waals surface area contributed by atoms with E-state index >= 15 is 0 Å². The lowest BCUT2D eigenvalue weighted by Gasteiger charge is -2.38. The first-order valence-electron chi connectivity index (χ1n) is 17.4. The molecule has 4 heterocycles. The van der Waals surface area contributed by atoms with Crippen molar-refractivity contribution in [3.05, 3.63) is 114 Å². The van der Waals surface area contributed by atoms with Gasteiger partial charge in [0.25, 0.3) is 0 Å². The number of hydrogen-bond acceptors (Lipinski definition) is 2. The van der Waals surface area contributed by atoms with Crippen molar-refractivity contribution in [2.75, 3.05) is 4.90 Å². The van der Waals surface area contributed by atoms with Gasteiger partial charge in [-0.25, -0.2) is 0 Å². The van der Waals surface area contributed by atoms with Gasteiger partial charge in [-0.15, -0.1) is 0 Å². The third-order valence-electron chi connectivity index (χ3n) is 10.9. The first-order valence-corrected chi connectivity index (χ1v) is 17.4. The minimum absolute atomic E-state index is 0.00120. The first-order chi connectivity index (χ1) is 22.7. The lowest BCUT2D eigenvalue weighted by Crippen LogP contribution is -2.56. The summed E-state index contributed by atoms with van der Waals surface area (Å²) in [7, 11) is 0. The summed E-state index contributed by atoms with van der Waals surface area (Å²) in [5.74, 6) is 0.908. The van der Waals surface area contributed by atoms with Crippen LogP contribution in [0.25, 0.3) is 43.9 Å². The Labute approximate surface area is 284 Å². The maximum Gasteiger partial charge on any atom is 0.337 e. The predicted octanol–water partition coefficient (Wildman–Crippen LogP) is 10.9. The van der Waals surface area contributed by atoms with Crippen LogP contribution in [-0.4, -0.2) is 11.3 Å². The van der Waals surface area contributed by atoms with E-state index in [-0.39, 0.29) is 23.1 Å². The van der Waals surface area contributed by atoms with Crippen molar-refractivity contribution in [1.82, 2.24) is 4.48 Å². The Hall–Kier alpha value is -4.70. The summed E-state index contributed by atoms with van der Waals surface area (Å²) in [6.07, 6.45) is 0. The maximum absolute atomic E-state index is 6.92. The van der Waals surface area contributed by atoms with Gasteiger partial charge in [0.15, 0.2) is 0 Å². The monoisotopic (exact) mass is 626 g/mol. The summed E-state index contributed by atoms with van der Waals surface area (Å²) in [5, 5.41) is 3.84. The number of fused-ring (bicyclic) bond motifs is 9. The first kappa shape index (κ1) is 29.4. The van der Waals surface area contributed by atoms with Gasteiger partial charge in [-0.05, 0) is 92.5 Å². The fourth-order valence-corrected chi connectivity index (χ4v) is 8.19. The number of hydrogen-bond donors (Lipinski definition) is 0. The molecule has 238 valence electrons. The van der Waals surface area contributed by atoms with Crippen LogP contribution in [0.5, 0.6) is 0 Å². The van der Waals surface area contributed by atoms with Crippen molar-refractivity contribution in [2.24, 2.45) is 0 Å². The van der Waals surface area contributed by atoms with E-state index in [0.29, 0.717) is 0 Å². The van der Waals surface area contributed by atoms with Gasteiger partial charge in [-0.3, -0.25) is 4.90 Å². The Morgan fingerprint density at radius 3 is 1.92 bits per heavy atom. The highest BCUT2D eigenvalue weighted by atomic mass is 16.4. The fourth-order valence-electron chi connectivity index (χ4n) is 8.19. The molecule has 0 fully saturated rings.